The molecule has 1 aromatic heterocycles. The number of carboxylic acids is 1. The van der Waals surface area contributed by atoms with E-state index in [2.05, 4.69) is 5.32 Å². The van der Waals surface area contributed by atoms with Gasteiger partial charge in [-0.25, -0.2) is 0 Å². The zero-order valence-corrected chi connectivity index (χ0v) is 13.3. The van der Waals surface area contributed by atoms with Crippen LogP contribution in [0.3, 0.4) is 0 Å². The van der Waals surface area contributed by atoms with Gasteiger partial charge in [-0.1, -0.05) is 29.8 Å². The van der Waals surface area contributed by atoms with Crippen LogP contribution in [0.25, 0.3) is 11.1 Å². The van der Waals surface area contributed by atoms with Crippen LogP contribution in [-0.4, -0.2) is 23.5 Å². The lowest BCUT2D eigenvalue weighted by molar-refractivity contribution is -0.137. The number of carboxylic acid groups (broad SMARTS) is 1. The number of rotatable bonds is 7. The molecule has 1 amide bonds. The normalized spacial score (nSPS) is 10.4. The minimum absolute atomic E-state index is 0.0964. The SMILES string of the molecule is Cc1ccc(-c2ccsc2C(=O)NCCCCC(=O)O)cc1. The van der Waals surface area contributed by atoms with E-state index >= 15 is 0 Å². The molecule has 0 radical (unpaired) electrons. The predicted octanol–water partition coefficient (Wildman–Crippen LogP) is 3.71. The van der Waals surface area contributed by atoms with Crippen molar-refractivity contribution in [2.75, 3.05) is 6.54 Å². The Balaban J connectivity index is 1.95. The minimum atomic E-state index is -0.800. The summed E-state index contributed by atoms with van der Waals surface area (Å²) in [4.78, 5) is 23.4. The lowest BCUT2D eigenvalue weighted by Crippen LogP contribution is -2.24. The highest BCUT2D eigenvalue weighted by Crippen LogP contribution is 2.28. The molecule has 0 aliphatic rings. The molecule has 0 bridgehead atoms. The zero-order valence-electron chi connectivity index (χ0n) is 12.5. The van der Waals surface area contributed by atoms with Crippen LogP contribution in [-0.2, 0) is 4.79 Å². The molecule has 1 heterocycles. The monoisotopic (exact) mass is 317 g/mol. The summed E-state index contributed by atoms with van der Waals surface area (Å²) >= 11 is 1.42. The predicted molar refractivity (Wildman–Crippen MR) is 88.3 cm³/mol. The highest BCUT2D eigenvalue weighted by Gasteiger charge is 2.14. The Labute approximate surface area is 133 Å². The van der Waals surface area contributed by atoms with E-state index in [0.717, 1.165) is 11.1 Å². The topological polar surface area (TPSA) is 66.4 Å². The molecule has 0 aliphatic heterocycles. The summed E-state index contributed by atoms with van der Waals surface area (Å²) in [7, 11) is 0. The summed E-state index contributed by atoms with van der Waals surface area (Å²) in [5, 5.41) is 13.3. The number of unbranched alkanes of at least 4 members (excludes halogenated alkanes) is 1. The van der Waals surface area contributed by atoms with Crippen LogP contribution >= 0.6 is 11.3 Å². The number of carbonyl (C=O) groups is 2. The molecule has 2 aromatic rings. The Hall–Kier alpha value is -2.14. The van der Waals surface area contributed by atoms with Gasteiger partial charge in [-0.15, -0.1) is 11.3 Å². The lowest BCUT2D eigenvalue weighted by atomic mass is 10.0. The van der Waals surface area contributed by atoms with Gasteiger partial charge in [0, 0.05) is 18.5 Å². The first-order valence-electron chi connectivity index (χ1n) is 7.22. The molecule has 0 unspecified atom stereocenters. The van der Waals surface area contributed by atoms with Crippen LogP contribution in [0.5, 0.6) is 0 Å². The van der Waals surface area contributed by atoms with E-state index in [1.165, 1.54) is 16.9 Å². The second-order valence-electron chi connectivity index (χ2n) is 5.14. The summed E-state index contributed by atoms with van der Waals surface area (Å²) < 4.78 is 0. The van der Waals surface area contributed by atoms with Gasteiger partial charge < -0.3 is 10.4 Å². The fourth-order valence-electron chi connectivity index (χ4n) is 2.13. The highest BCUT2D eigenvalue weighted by molar-refractivity contribution is 7.12. The van der Waals surface area contributed by atoms with Crippen LogP contribution in [0.4, 0.5) is 0 Å². The summed E-state index contributed by atoms with van der Waals surface area (Å²) in [6.45, 7) is 2.53. The molecule has 2 rings (SSSR count). The minimum Gasteiger partial charge on any atom is -0.481 e. The molecular weight excluding hydrogens is 298 g/mol. The number of hydrogen-bond acceptors (Lipinski definition) is 3. The lowest BCUT2D eigenvalue weighted by Gasteiger charge is -2.06. The van der Waals surface area contributed by atoms with E-state index < -0.39 is 5.97 Å². The van der Waals surface area contributed by atoms with Crippen molar-refractivity contribution in [3.8, 4) is 11.1 Å². The van der Waals surface area contributed by atoms with Gasteiger partial charge in [0.25, 0.3) is 5.91 Å². The number of thiophene rings is 1. The number of hydrogen-bond donors (Lipinski definition) is 2. The molecule has 0 saturated heterocycles. The molecule has 4 nitrogen and oxygen atoms in total. The van der Waals surface area contributed by atoms with Gasteiger partial charge in [-0.3, -0.25) is 9.59 Å². The van der Waals surface area contributed by atoms with Crippen molar-refractivity contribution in [3.05, 3.63) is 46.2 Å². The standard InChI is InChI=1S/C17H19NO3S/c1-12-5-7-13(8-6-12)14-9-11-22-16(14)17(21)18-10-3-2-4-15(19)20/h5-9,11H,2-4,10H2,1H3,(H,18,21)(H,19,20). The number of carbonyl (C=O) groups excluding carboxylic acids is 1. The van der Waals surface area contributed by atoms with Crippen molar-refractivity contribution in [2.24, 2.45) is 0 Å². The fourth-order valence-corrected chi connectivity index (χ4v) is 2.96. The maximum absolute atomic E-state index is 12.2. The van der Waals surface area contributed by atoms with Crippen molar-refractivity contribution in [1.82, 2.24) is 5.32 Å². The average Bonchev–Trinajstić information content (AvgIpc) is 2.96. The molecular formula is C17H19NO3S. The number of amides is 1. The Kier molecular flexibility index (Phi) is 5.72. The largest absolute Gasteiger partial charge is 0.481 e. The van der Waals surface area contributed by atoms with Gasteiger partial charge in [-0.05, 0) is 36.8 Å². The molecule has 0 aliphatic carbocycles. The van der Waals surface area contributed by atoms with E-state index in [0.29, 0.717) is 24.3 Å². The van der Waals surface area contributed by atoms with Crippen molar-refractivity contribution in [2.45, 2.75) is 26.2 Å². The van der Waals surface area contributed by atoms with Crippen molar-refractivity contribution < 1.29 is 14.7 Å². The Morgan fingerprint density at radius 2 is 1.86 bits per heavy atom. The van der Waals surface area contributed by atoms with Crippen molar-refractivity contribution >= 4 is 23.2 Å². The van der Waals surface area contributed by atoms with Gasteiger partial charge in [-0.2, -0.15) is 0 Å². The van der Waals surface area contributed by atoms with Crippen molar-refractivity contribution in [1.29, 1.82) is 0 Å². The molecule has 116 valence electrons. The first-order chi connectivity index (χ1) is 10.6. The van der Waals surface area contributed by atoms with Gasteiger partial charge >= 0.3 is 5.97 Å². The van der Waals surface area contributed by atoms with Gasteiger partial charge in [0.05, 0.1) is 4.88 Å². The van der Waals surface area contributed by atoms with E-state index in [-0.39, 0.29) is 12.3 Å². The maximum atomic E-state index is 12.2. The number of aryl methyl sites for hydroxylation is 1. The van der Waals surface area contributed by atoms with Crippen molar-refractivity contribution in [3.63, 3.8) is 0 Å². The zero-order chi connectivity index (χ0) is 15.9. The number of nitrogens with one attached hydrogen (secondary N) is 1. The second kappa shape index (κ2) is 7.75. The summed E-state index contributed by atoms with van der Waals surface area (Å²) in [6, 6.07) is 10.0. The molecule has 0 atom stereocenters. The Morgan fingerprint density at radius 1 is 1.14 bits per heavy atom. The van der Waals surface area contributed by atoms with E-state index in [1.54, 1.807) is 0 Å². The third kappa shape index (κ3) is 4.43. The third-order valence-corrected chi connectivity index (χ3v) is 4.25. The fraction of sp³-hybridized carbons (Fsp3) is 0.294. The Morgan fingerprint density at radius 3 is 2.55 bits per heavy atom. The second-order valence-corrected chi connectivity index (χ2v) is 6.05. The summed E-state index contributed by atoms with van der Waals surface area (Å²) in [5.41, 5.74) is 3.15. The first kappa shape index (κ1) is 16.2. The molecule has 0 fully saturated rings. The van der Waals surface area contributed by atoms with Crippen LogP contribution in [0.1, 0.15) is 34.5 Å². The maximum Gasteiger partial charge on any atom is 0.303 e. The van der Waals surface area contributed by atoms with Crippen LogP contribution in [0, 0.1) is 6.92 Å². The van der Waals surface area contributed by atoms with E-state index in [9.17, 15) is 9.59 Å². The summed E-state index contributed by atoms with van der Waals surface area (Å²) in [5.74, 6) is -0.896. The van der Waals surface area contributed by atoms with E-state index in [1.807, 2.05) is 42.6 Å². The number of benzene rings is 1. The molecule has 2 N–H and O–H groups in total. The molecule has 0 saturated carbocycles. The van der Waals surface area contributed by atoms with Gasteiger partial charge in [0.1, 0.15) is 0 Å². The van der Waals surface area contributed by atoms with Crippen LogP contribution in [0.2, 0.25) is 0 Å². The first-order valence-corrected chi connectivity index (χ1v) is 8.10. The quantitative estimate of drug-likeness (QED) is 0.765. The number of aliphatic carboxylic acids is 1. The molecule has 1 aromatic carbocycles. The smallest absolute Gasteiger partial charge is 0.303 e. The molecule has 22 heavy (non-hydrogen) atoms. The Bertz CT molecular complexity index is 646. The van der Waals surface area contributed by atoms with E-state index in [4.69, 9.17) is 5.11 Å². The molecule has 0 spiro atoms. The van der Waals surface area contributed by atoms with Crippen LogP contribution < -0.4 is 5.32 Å². The molecule has 5 heteroatoms. The highest BCUT2D eigenvalue weighted by atomic mass is 32.1. The average molecular weight is 317 g/mol. The van der Waals surface area contributed by atoms with Gasteiger partial charge in [0.2, 0.25) is 0 Å². The summed E-state index contributed by atoms with van der Waals surface area (Å²) in [6.07, 6.45) is 1.39. The van der Waals surface area contributed by atoms with Crippen LogP contribution in [0.15, 0.2) is 35.7 Å². The third-order valence-electron chi connectivity index (χ3n) is 3.34. The van der Waals surface area contributed by atoms with Gasteiger partial charge in [0.15, 0.2) is 0 Å².